The SMILES string of the molecule is O=S(=O)(NCCC(F)(F)F)c1cnccc1Cl. The molecule has 0 aliphatic rings. The van der Waals surface area contributed by atoms with Crippen LogP contribution in [0, 0.1) is 0 Å². The third kappa shape index (κ3) is 4.49. The van der Waals surface area contributed by atoms with E-state index in [1.807, 2.05) is 0 Å². The molecule has 0 aliphatic heterocycles. The van der Waals surface area contributed by atoms with Crippen molar-refractivity contribution in [1.82, 2.24) is 9.71 Å². The first-order valence-corrected chi connectivity index (χ1v) is 6.24. The molecular weight excluding hydrogens is 281 g/mol. The van der Waals surface area contributed by atoms with Crippen LogP contribution in [0.1, 0.15) is 6.42 Å². The Hall–Kier alpha value is -0.860. The van der Waals surface area contributed by atoms with E-state index in [4.69, 9.17) is 11.6 Å². The molecule has 0 saturated heterocycles. The van der Waals surface area contributed by atoms with Gasteiger partial charge in [-0.3, -0.25) is 4.98 Å². The molecule has 17 heavy (non-hydrogen) atoms. The highest BCUT2D eigenvalue weighted by Crippen LogP contribution is 2.21. The summed E-state index contributed by atoms with van der Waals surface area (Å²) >= 11 is 5.60. The van der Waals surface area contributed by atoms with Crippen molar-refractivity contribution in [3.05, 3.63) is 23.5 Å². The van der Waals surface area contributed by atoms with Gasteiger partial charge in [-0.05, 0) is 6.07 Å². The van der Waals surface area contributed by atoms with Crippen molar-refractivity contribution in [3.8, 4) is 0 Å². The van der Waals surface area contributed by atoms with Gasteiger partial charge in [0.05, 0.1) is 11.4 Å². The Kier molecular flexibility index (Phi) is 4.34. The molecule has 0 unspecified atom stereocenters. The number of hydrogen-bond donors (Lipinski definition) is 1. The van der Waals surface area contributed by atoms with Crippen LogP contribution in [0.25, 0.3) is 0 Å². The number of sulfonamides is 1. The largest absolute Gasteiger partial charge is 0.390 e. The van der Waals surface area contributed by atoms with Crippen molar-refractivity contribution in [2.75, 3.05) is 6.54 Å². The minimum absolute atomic E-state index is 0.0977. The molecule has 1 aromatic rings. The first-order valence-electron chi connectivity index (χ1n) is 4.38. The van der Waals surface area contributed by atoms with Gasteiger partial charge in [0, 0.05) is 18.9 Å². The summed E-state index contributed by atoms with van der Waals surface area (Å²) in [5.41, 5.74) is 0. The van der Waals surface area contributed by atoms with E-state index in [1.165, 1.54) is 12.3 Å². The van der Waals surface area contributed by atoms with Crippen LogP contribution in [0.4, 0.5) is 13.2 Å². The van der Waals surface area contributed by atoms with Crippen LogP contribution in [0.2, 0.25) is 5.02 Å². The second-order valence-corrected chi connectivity index (χ2v) is 5.21. The minimum Gasteiger partial charge on any atom is -0.263 e. The molecular formula is C8H8ClF3N2O2S. The smallest absolute Gasteiger partial charge is 0.263 e. The first-order chi connectivity index (χ1) is 7.72. The maximum absolute atomic E-state index is 11.8. The van der Waals surface area contributed by atoms with Crippen LogP contribution in [0.3, 0.4) is 0 Å². The van der Waals surface area contributed by atoms with Crippen LogP contribution in [0.15, 0.2) is 23.4 Å². The molecule has 0 bridgehead atoms. The fourth-order valence-corrected chi connectivity index (χ4v) is 2.43. The molecule has 1 aromatic heterocycles. The van der Waals surface area contributed by atoms with Gasteiger partial charge < -0.3 is 0 Å². The number of alkyl halides is 3. The molecule has 0 atom stereocenters. The quantitative estimate of drug-likeness (QED) is 0.921. The third-order valence-electron chi connectivity index (χ3n) is 1.72. The predicted molar refractivity (Wildman–Crippen MR) is 55.1 cm³/mol. The number of rotatable bonds is 4. The fourth-order valence-electron chi connectivity index (χ4n) is 0.966. The molecule has 4 nitrogen and oxygen atoms in total. The maximum Gasteiger partial charge on any atom is 0.390 e. The summed E-state index contributed by atoms with van der Waals surface area (Å²) in [6.45, 7) is -0.739. The number of nitrogens with one attached hydrogen (secondary N) is 1. The number of pyridine rings is 1. The second-order valence-electron chi connectivity index (χ2n) is 3.07. The summed E-state index contributed by atoms with van der Waals surface area (Å²) in [6, 6.07) is 1.24. The molecule has 0 aromatic carbocycles. The van der Waals surface area contributed by atoms with Crippen molar-refractivity contribution in [3.63, 3.8) is 0 Å². The Bertz CT molecular complexity index is 490. The lowest BCUT2D eigenvalue weighted by molar-refractivity contribution is -0.132. The van der Waals surface area contributed by atoms with E-state index in [9.17, 15) is 21.6 Å². The van der Waals surface area contributed by atoms with Crippen molar-refractivity contribution in [2.24, 2.45) is 0 Å². The molecule has 9 heteroatoms. The average Bonchev–Trinajstić information content (AvgIpc) is 2.15. The highest BCUT2D eigenvalue weighted by Gasteiger charge is 2.28. The zero-order valence-electron chi connectivity index (χ0n) is 8.33. The van der Waals surface area contributed by atoms with Gasteiger partial charge in [0.2, 0.25) is 10.0 Å². The Morgan fingerprint density at radius 2 is 2.06 bits per heavy atom. The van der Waals surface area contributed by atoms with Crippen molar-refractivity contribution in [2.45, 2.75) is 17.5 Å². The molecule has 96 valence electrons. The van der Waals surface area contributed by atoms with Crippen LogP contribution >= 0.6 is 11.6 Å². The predicted octanol–water partition coefficient (Wildman–Crippen LogP) is 1.97. The summed E-state index contributed by atoms with van der Waals surface area (Å²) < 4.78 is 60.4. The summed E-state index contributed by atoms with van der Waals surface area (Å²) in [6.07, 6.45) is -3.42. The van der Waals surface area contributed by atoms with Crippen molar-refractivity contribution < 1.29 is 21.6 Å². The average molecular weight is 289 g/mol. The second kappa shape index (κ2) is 5.19. The van der Waals surface area contributed by atoms with E-state index in [2.05, 4.69) is 4.98 Å². The minimum atomic E-state index is -4.42. The zero-order valence-corrected chi connectivity index (χ0v) is 9.90. The van der Waals surface area contributed by atoms with Gasteiger partial charge in [-0.25, -0.2) is 13.1 Å². The molecule has 0 fully saturated rings. The Morgan fingerprint density at radius 1 is 1.41 bits per heavy atom. The lowest BCUT2D eigenvalue weighted by atomic mass is 10.4. The maximum atomic E-state index is 11.8. The molecule has 1 N–H and O–H groups in total. The van der Waals surface area contributed by atoms with Gasteiger partial charge in [0.1, 0.15) is 4.90 Å². The lowest BCUT2D eigenvalue weighted by Crippen LogP contribution is -2.28. The van der Waals surface area contributed by atoms with Crippen molar-refractivity contribution in [1.29, 1.82) is 0 Å². The summed E-state index contributed by atoms with van der Waals surface area (Å²) in [7, 11) is -4.06. The van der Waals surface area contributed by atoms with E-state index in [-0.39, 0.29) is 9.92 Å². The number of halogens is 4. The summed E-state index contributed by atoms with van der Waals surface area (Å²) in [4.78, 5) is 3.20. The number of hydrogen-bond acceptors (Lipinski definition) is 3. The van der Waals surface area contributed by atoms with Gasteiger partial charge in [0.15, 0.2) is 0 Å². The van der Waals surface area contributed by atoms with Crippen LogP contribution in [-0.2, 0) is 10.0 Å². The normalized spacial score (nSPS) is 12.7. The topological polar surface area (TPSA) is 59.1 Å². The number of nitrogens with zero attached hydrogens (tertiary/aromatic N) is 1. The van der Waals surface area contributed by atoms with E-state index in [1.54, 1.807) is 4.72 Å². The van der Waals surface area contributed by atoms with Crippen LogP contribution in [0.5, 0.6) is 0 Å². The number of aromatic nitrogens is 1. The van der Waals surface area contributed by atoms with Crippen LogP contribution < -0.4 is 4.72 Å². The lowest BCUT2D eigenvalue weighted by Gasteiger charge is -2.09. The summed E-state index contributed by atoms with van der Waals surface area (Å²) in [5, 5.41) is -0.0977. The molecule has 1 heterocycles. The molecule has 1 rings (SSSR count). The van der Waals surface area contributed by atoms with E-state index in [0.717, 1.165) is 6.20 Å². The Morgan fingerprint density at radius 3 is 2.59 bits per heavy atom. The van der Waals surface area contributed by atoms with Gasteiger partial charge in [-0.2, -0.15) is 13.2 Å². The highest BCUT2D eigenvalue weighted by molar-refractivity contribution is 7.89. The molecule has 0 amide bonds. The Balaban J connectivity index is 2.74. The third-order valence-corrected chi connectivity index (χ3v) is 3.65. The molecule has 0 radical (unpaired) electrons. The van der Waals surface area contributed by atoms with Crippen molar-refractivity contribution >= 4 is 21.6 Å². The van der Waals surface area contributed by atoms with Gasteiger partial charge in [0.25, 0.3) is 0 Å². The molecule has 0 aliphatic carbocycles. The van der Waals surface area contributed by atoms with E-state index in [0.29, 0.717) is 0 Å². The highest BCUT2D eigenvalue weighted by atomic mass is 35.5. The fraction of sp³-hybridized carbons (Fsp3) is 0.375. The van der Waals surface area contributed by atoms with Gasteiger partial charge >= 0.3 is 6.18 Å². The van der Waals surface area contributed by atoms with Gasteiger partial charge in [-0.15, -0.1) is 0 Å². The standard InChI is InChI=1S/C8H8ClF3N2O2S/c9-6-1-3-13-5-7(6)17(15,16)14-4-2-8(10,11)12/h1,3,5,14H,2,4H2. The van der Waals surface area contributed by atoms with Gasteiger partial charge in [-0.1, -0.05) is 11.6 Å². The monoisotopic (exact) mass is 288 g/mol. The van der Waals surface area contributed by atoms with E-state index >= 15 is 0 Å². The Labute approximate surface area is 101 Å². The first kappa shape index (κ1) is 14.2. The molecule has 0 spiro atoms. The van der Waals surface area contributed by atoms with E-state index < -0.39 is 29.2 Å². The summed E-state index contributed by atoms with van der Waals surface area (Å²) in [5.74, 6) is 0. The molecule has 0 saturated carbocycles. The van der Waals surface area contributed by atoms with Crippen LogP contribution in [-0.4, -0.2) is 26.1 Å². The zero-order chi connectivity index (χ0) is 13.1.